The molecule has 124 valence electrons. The maximum atomic E-state index is 12.9. The van der Waals surface area contributed by atoms with E-state index in [4.69, 9.17) is 4.74 Å². The van der Waals surface area contributed by atoms with Crippen LogP contribution in [0.2, 0.25) is 0 Å². The van der Waals surface area contributed by atoms with E-state index in [2.05, 4.69) is 9.88 Å². The maximum absolute atomic E-state index is 12.9. The van der Waals surface area contributed by atoms with Crippen LogP contribution < -0.4 is 4.74 Å². The average Bonchev–Trinajstić information content (AvgIpc) is 3.04. The number of aromatic amines is 1. The Balaban J connectivity index is 1.77. The van der Waals surface area contributed by atoms with E-state index in [1.807, 2.05) is 68.7 Å². The number of benzene rings is 2. The first-order valence-electron chi connectivity index (χ1n) is 8.03. The second kappa shape index (κ2) is 6.89. The zero-order valence-electron chi connectivity index (χ0n) is 14.2. The summed E-state index contributed by atoms with van der Waals surface area (Å²) in [6, 6.07) is 15.6. The Morgan fingerprint density at radius 2 is 2.00 bits per heavy atom. The summed E-state index contributed by atoms with van der Waals surface area (Å²) in [6.45, 7) is 2.64. The summed E-state index contributed by atoms with van der Waals surface area (Å²) in [5.74, 6) is 0.953. The molecule has 24 heavy (non-hydrogen) atoms. The number of ether oxygens (including phenoxy) is 1. The lowest BCUT2D eigenvalue weighted by molar-refractivity contribution is 0.0864. The number of hydrogen-bond acceptors (Lipinski definition) is 3. The first kappa shape index (κ1) is 16.3. The van der Waals surface area contributed by atoms with Gasteiger partial charge in [0.25, 0.3) is 0 Å². The molecule has 2 aromatic carbocycles. The fourth-order valence-corrected chi connectivity index (χ4v) is 2.90. The number of carbonyl (C=O) groups is 1. The van der Waals surface area contributed by atoms with Crippen LogP contribution in [0.4, 0.5) is 0 Å². The van der Waals surface area contributed by atoms with E-state index in [0.717, 1.165) is 27.8 Å². The number of likely N-dealkylation sites (N-methyl/N-ethyl adjacent to an activating group) is 1. The number of para-hydroxylation sites is 1. The third-order valence-corrected chi connectivity index (χ3v) is 4.46. The van der Waals surface area contributed by atoms with Gasteiger partial charge in [-0.3, -0.25) is 9.69 Å². The Morgan fingerprint density at radius 3 is 2.79 bits per heavy atom. The number of hydrogen-bond donors (Lipinski definition) is 1. The van der Waals surface area contributed by atoms with Crippen LogP contribution in [0.3, 0.4) is 0 Å². The zero-order valence-corrected chi connectivity index (χ0v) is 14.2. The minimum absolute atomic E-state index is 0.123. The number of fused-ring (bicyclic) bond motifs is 1. The minimum atomic E-state index is -0.213. The van der Waals surface area contributed by atoms with Gasteiger partial charge in [-0.1, -0.05) is 30.3 Å². The highest BCUT2D eigenvalue weighted by Crippen LogP contribution is 2.21. The van der Waals surface area contributed by atoms with Crippen molar-refractivity contribution in [3.05, 3.63) is 65.9 Å². The molecule has 1 N–H and O–H groups in total. The Bertz CT molecular complexity index is 853. The molecule has 0 aliphatic carbocycles. The molecule has 0 aliphatic heterocycles. The van der Waals surface area contributed by atoms with Gasteiger partial charge in [-0.25, -0.2) is 0 Å². The van der Waals surface area contributed by atoms with Gasteiger partial charge in [-0.05, 0) is 37.7 Å². The Hall–Kier alpha value is -2.59. The second-order valence-electron chi connectivity index (χ2n) is 6.05. The van der Waals surface area contributed by atoms with Crippen LogP contribution in [0.15, 0.2) is 54.7 Å². The molecule has 0 saturated heterocycles. The monoisotopic (exact) mass is 322 g/mol. The molecule has 1 aromatic heterocycles. The van der Waals surface area contributed by atoms with Gasteiger partial charge in [0, 0.05) is 29.2 Å². The Labute approximate surface area is 142 Å². The highest BCUT2D eigenvalue weighted by atomic mass is 16.5. The number of methoxy groups -OCH3 is 1. The first-order chi connectivity index (χ1) is 11.6. The number of nitrogens with zero attached hydrogens (tertiary/aromatic N) is 1. The van der Waals surface area contributed by atoms with Crippen molar-refractivity contribution < 1.29 is 9.53 Å². The van der Waals surface area contributed by atoms with Crippen molar-refractivity contribution in [2.45, 2.75) is 19.5 Å². The van der Waals surface area contributed by atoms with Crippen molar-refractivity contribution in [2.75, 3.05) is 14.2 Å². The van der Waals surface area contributed by atoms with E-state index < -0.39 is 0 Å². The first-order valence-corrected chi connectivity index (χ1v) is 8.03. The normalized spacial score (nSPS) is 12.5. The summed E-state index contributed by atoms with van der Waals surface area (Å²) in [5.41, 5.74) is 2.86. The van der Waals surface area contributed by atoms with E-state index in [-0.39, 0.29) is 11.8 Å². The molecule has 0 aliphatic rings. The predicted molar refractivity (Wildman–Crippen MR) is 96.6 cm³/mol. The van der Waals surface area contributed by atoms with E-state index in [9.17, 15) is 4.79 Å². The third-order valence-electron chi connectivity index (χ3n) is 4.46. The number of aromatic nitrogens is 1. The molecule has 3 aromatic rings. The van der Waals surface area contributed by atoms with Gasteiger partial charge < -0.3 is 9.72 Å². The van der Waals surface area contributed by atoms with Crippen LogP contribution >= 0.6 is 0 Å². The largest absolute Gasteiger partial charge is 0.497 e. The number of carbonyl (C=O) groups excluding carboxylic acids is 1. The number of rotatable bonds is 6. The van der Waals surface area contributed by atoms with E-state index in [1.165, 1.54) is 0 Å². The highest BCUT2D eigenvalue weighted by Gasteiger charge is 2.22. The van der Waals surface area contributed by atoms with Gasteiger partial charge in [0.05, 0.1) is 13.2 Å². The molecular formula is C20H22N2O2. The van der Waals surface area contributed by atoms with Crippen molar-refractivity contribution in [1.82, 2.24) is 9.88 Å². The van der Waals surface area contributed by atoms with Crippen LogP contribution in [-0.2, 0) is 6.54 Å². The van der Waals surface area contributed by atoms with Gasteiger partial charge >= 0.3 is 0 Å². The lowest BCUT2D eigenvalue weighted by Crippen LogP contribution is -2.35. The SMILES string of the molecule is COc1cccc(CN(C)[C@@H](C)C(=O)c2c[nH]c3ccccc23)c1. The third kappa shape index (κ3) is 3.19. The van der Waals surface area contributed by atoms with Crippen LogP contribution in [-0.4, -0.2) is 35.9 Å². The standard InChI is InChI=1S/C20H22N2O2/c1-14(22(2)13-15-7-6-8-16(11-15)24-3)20(23)18-12-21-19-10-5-4-9-17(18)19/h4-12,14,21H,13H2,1-3H3/t14-/m0/s1. The molecular weight excluding hydrogens is 300 g/mol. The number of Topliss-reactive ketones (excluding diaryl/α,β-unsaturated/α-hetero) is 1. The van der Waals surface area contributed by atoms with Crippen molar-refractivity contribution >= 4 is 16.7 Å². The van der Waals surface area contributed by atoms with Crippen LogP contribution in [0.1, 0.15) is 22.8 Å². The Morgan fingerprint density at radius 1 is 1.21 bits per heavy atom. The van der Waals surface area contributed by atoms with E-state index >= 15 is 0 Å². The summed E-state index contributed by atoms with van der Waals surface area (Å²) in [5, 5.41) is 0.976. The highest BCUT2D eigenvalue weighted by molar-refractivity contribution is 6.10. The smallest absolute Gasteiger partial charge is 0.181 e. The summed E-state index contributed by atoms with van der Waals surface area (Å²) in [6.07, 6.45) is 1.81. The van der Waals surface area contributed by atoms with Gasteiger partial charge in [0.15, 0.2) is 5.78 Å². The van der Waals surface area contributed by atoms with Crippen molar-refractivity contribution in [2.24, 2.45) is 0 Å². The lowest BCUT2D eigenvalue weighted by Gasteiger charge is -2.23. The predicted octanol–water partition coefficient (Wildman–Crippen LogP) is 3.88. The molecule has 0 saturated carbocycles. The molecule has 0 spiro atoms. The van der Waals surface area contributed by atoms with E-state index in [1.54, 1.807) is 7.11 Å². The zero-order chi connectivity index (χ0) is 17.1. The van der Waals surface area contributed by atoms with Crippen LogP contribution in [0.5, 0.6) is 5.75 Å². The molecule has 4 heteroatoms. The molecule has 0 amide bonds. The molecule has 0 bridgehead atoms. The topological polar surface area (TPSA) is 45.3 Å². The van der Waals surface area contributed by atoms with Gasteiger partial charge in [-0.2, -0.15) is 0 Å². The van der Waals surface area contributed by atoms with Crippen LogP contribution in [0.25, 0.3) is 10.9 Å². The Kier molecular flexibility index (Phi) is 4.67. The van der Waals surface area contributed by atoms with Gasteiger partial charge in [-0.15, -0.1) is 0 Å². The fraction of sp³-hybridized carbons (Fsp3) is 0.250. The summed E-state index contributed by atoms with van der Waals surface area (Å²) in [4.78, 5) is 18.1. The molecule has 3 rings (SSSR count). The van der Waals surface area contributed by atoms with Gasteiger partial charge in [0.1, 0.15) is 5.75 Å². The summed E-state index contributed by atoms with van der Waals surface area (Å²) >= 11 is 0. The number of ketones is 1. The summed E-state index contributed by atoms with van der Waals surface area (Å²) in [7, 11) is 3.63. The van der Waals surface area contributed by atoms with Crippen molar-refractivity contribution in [3.8, 4) is 5.75 Å². The molecule has 0 radical (unpaired) electrons. The summed E-state index contributed by atoms with van der Waals surface area (Å²) < 4.78 is 5.26. The molecule has 0 unspecified atom stereocenters. The number of H-pyrrole nitrogens is 1. The molecule has 0 fully saturated rings. The molecule has 4 nitrogen and oxygen atoms in total. The lowest BCUT2D eigenvalue weighted by atomic mass is 10.0. The quantitative estimate of drug-likeness (QED) is 0.701. The maximum Gasteiger partial charge on any atom is 0.181 e. The minimum Gasteiger partial charge on any atom is -0.497 e. The fourth-order valence-electron chi connectivity index (χ4n) is 2.90. The van der Waals surface area contributed by atoms with Crippen LogP contribution in [0, 0.1) is 0 Å². The molecule has 1 heterocycles. The van der Waals surface area contributed by atoms with E-state index in [0.29, 0.717) is 6.54 Å². The second-order valence-corrected chi connectivity index (χ2v) is 6.05. The van der Waals surface area contributed by atoms with Crippen molar-refractivity contribution in [3.63, 3.8) is 0 Å². The van der Waals surface area contributed by atoms with Crippen molar-refractivity contribution in [1.29, 1.82) is 0 Å². The average molecular weight is 322 g/mol. The number of nitrogens with one attached hydrogen (secondary N) is 1. The van der Waals surface area contributed by atoms with Gasteiger partial charge in [0.2, 0.25) is 0 Å². The molecule has 1 atom stereocenters.